The molecule has 0 spiro atoms. The Morgan fingerprint density at radius 2 is 1.81 bits per heavy atom. The Hall–Kier alpha value is -2.76. The van der Waals surface area contributed by atoms with Gasteiger partial charge in [-0.1, -0.05) is 41.9 Å². The summed E-state index contributed by atoms with van der Waals surface area (Å²) < 4.78 is 11.1. The van der Waals surface area contributed by atoms with Crippen LogP contribution < -0.4 is 15.4 Å². The van der Waals surface area contributed by atoms with E-state index in [1.165, 1.54) is 0 Å². The average molecular weight is 385 g/mol. The third-order valence-electron chi connectivity index (χ3n) is 3.93. The molecule has 1 heterocycles. The maximum atomic E-state index is 12.1. The molecule has 0 aliphatic carbocycles. The van der Waals surface area contributed by atoms with Crippen LogP contribution in [0.25, 0.3) is 0 Å². The second kappa shape index (κ2) is 9.80. The predicted molar refractivity (Wildman–Crippen MR) is 105 cm³/mol. The first-order chi connectivity index (χ1) is 13.2. The molecule has 2 aromatic carbocycles. The second-order valence-electron chi connectivity index (χ2n) is 5.89. The number of rotatable bonds is 9. The highest BCUT2D eigenvalue weighted by molar-refractivity contribution is 6.30. The Balaban J connectivity index is 1.44. The Morgan fingerprint density at radius 3 is 2.52 bits per heavy atom. The molecule has 0 aliphatic heterocycles. The summed E-state index contributed by atoms with van der Waals surface area (Å²) in [7, 11) is 0. The number of ether oxygens (including phenoxy) is 1. The van der Waals surface area contributed by atoms with E-state index in [2.05, 4.69) is 10.6 Å². The van der Waals surface area contributed by atoms with E-state index in [9.17, 15) is 4.79 Å². The molecule has 0 bridgehead atoms. The topological polar surface area (TPSA) is 63.5 Å². The minimum absolute atomic E-state index is 0.109. The molecule has 5 nitrogen and oxygen atoms in total. The van der Waals surface area contributed by atoms with Gasteiger partial charge in [0.1, 0.15) is 18.1 Å². The quantitative estimate of drug-likeness (QED) is 0.551. The van der Waals surface area contributed by atoms with Crippen LogP contribution in [0.3, 0.4) is 0 Å². The van der Waals surface area contributed by atoms with E-state index in [4.69, 9.17) is 20.8 Å². The standard InChI is InChI=1S/C21H21ClN2O3/c22-17-8-10-18(11-9-17)26-14-12-23-20(25)15-24-21(19-7-4-13-27-19)16-5-2-1-3-6-16/h1-11,13,21,24H,12,14-15H2,(H,23,25)/t21-/m1/s1. The summed E-state index contributed by atoms with van der Waals surface area (Å²) in [5, 5.41) is 6.73. The molecule has 0 unspecified atom stereocenters. The lowest BCUT2D eigenvalue weighted by atomic mass is 10.0. The number of carbonyl (C=O) groups excluding carboxylic acids is 1. The van der Waals surface area contributed by atoms with Crippen molar-refractivity contribution in [2.45, 2.75) is 6.04 Å². The van der Waals surface area contributed by atoms with Gasteiger partial charge < -0.3 is 14.5 Å². The number of halogens is 1. The van der Waals surface area contributed by atoms with E-state index in [1.54, 1.807) is 30.5 Å². The number of carbonyl (C=O) groups is 1. The fourth-order valence-corrected chi connectivity index (χ4v) is 2.76. The minimum Gasteiger partial charge on any atom is -0.492 e. The molecular formula is C21H21ClN2O3. The molecule has 0 saturated heterocycles. The smallest absolute Gasteiger partial charge is 0.234 e. The zero-order valence-electron chi connectivity index (χ0n) is 14.7. The van der Waals surface area contributed by atoms with E-state index in [0.29, 0.717) is 23.9 Å². The SMILES string of the molecule is O=C(CN[C@H](c1ccccc1)c1ccco1)NCCOc1ccc(Cl)cc1. The first-order valence-corrected chi connectivity index (χ1v) is 9.07. The van der Waals surface area contributed by atoms with Crippen molar-refractivity contribution in [2.75, 3.05) is 19.7 Å². The largest absolute Gasteiger partial charge is 0.492 e. The molecule has 2 N–H and O–H groups in total. The van der Waals surface area contributed by atoms with Crippen LogP contribution in [-0.2, 0) is 4.79 Å². The van der Waals surface area contributed by atoms with E-state index in [-0.39, 0.29) is 18.5 Å². The maximum Gasteiger partial charge on any atom is 0.234 e. The van der Waals surface area contributed by atoms with Crippen LogP contribution in [0.15, 0.2) is 77.4 Å². The van der Waals surface area contributed by atoms with E-state index in [1.807, 2.05) is 42.5 Å². The number of nitrogens with one attached hydrogen (secondary N) is 2. The van der Waals surface area contributed by atoms with Crippen molar-refractivity contribution < 1.29 is 13.9 Å². The van der Waals surface area contributed by atoms with Crippen molar-refractivity contribution in [3.8, 4) is 5.75 Å². The molecule has 3 aromatic rings. The highest BCUT2D eigenvalue weighted by Gasteiger charge is 2.17. The van der Waals surface area contributed by atoms with Crippen LogP contribution in [-0.4, -0.2) is 25.6 Å². The van der Waals surface area contributed by atoms with Gasteiger partial charge in [0.15, 0.2) is 0 Å². The minimum atomic E-state index is -0.183. The first-order valence-electron chi connectivity index (χ1n) is 8.69. The van der Waals surface area contributed by atoms with Crippen molar-refractivity contribution in [1.82, 2.24) is 10.6 Å². The van der Waals surface area contributed by atoms with Crippen molar-refractivity contribution in [1.29, 1.82) is 0 Å². The van der Waals surface area contributed by atoms with Crippen LogP contribution in [0, 0.1) is 0 Å². The normalized spacial score (nSPS) is 11.7. The van der Waals surface area contributed by atoms with Crippen molar-refractivity contribution in [3.05, 3.63) is 89.3 Å². The average Bonchev–Trinajstić information content (AvgIpc) is 3.22. The van der Waals surface area contributed by atoms with E-state index < -0.39 is 0 Å². The molecule has 27 heavy (non-hydrogen) atoms. The van der Waals surface area contributed by atoms with Gasteiger partial charge in [-0.2, -0.15) is 0 Å². The van der Waals surface area contributed by atoms with Gasteiger partial charge in [-0.25, -0.2) is 0 Å². The third-order valence-corrected chi connectivity index (χ3v) is 4.19. The lowest BCUT2D eigenvalue weighted by Gasteiger charge is -2.17. The van der Waals surface area contributed by atoms with Gasteiger partial charge in [0, 0.05) is 5.02 Å². The summed E-state index contributed by atoms with van der Waals surface area (Å²) in [6, 6.07) is 20.5. The van der Waals surface area contributed by atoms with Gasteiger partial charge in [-0.05, 0) is 42.0 Å². The molecule has 1 aromatic heterocycles. The third kappa shape index (κ3) is 5.88. The highest BCUT2D eigenvalue weighted by Crippen LogP contribution is 2.22. The number of hydrogen-bond donors (Lipinski definition) is 2. The summed E-state index contributed by atoms with van der Waals surface area (Å²) >= 11 is 5.83. The molecule has 0 aliphatic rings. The monoisotopic (exact) mass is 384 g/mol. The van der Waals surface area contributed by atoms with Crippen LogP contribution >= 0.6 is 11.6 Å². The molecule has 6 heteroatoms. The van der Waals surface area contributed by atoms with E-state index >= 15 is 0 Å². The molecule has 140 valence electrons. The molecule has 0 radical (unpaired) electrons. The predicted octanol–water partition coefficient (Wildman–Crippen LogP) is 3.81. The van der Waals surface area contributed by atoms with Gasteiger partial charge in [-0.3, -0.25) is 10.1 Å². The summed E-state index contributed by atoms with van der Waals surface area (Å²) in [6.07, 6.45) is 1.63. The Kier molecular flexibility index (Phi) is 6.90. The van der Waals surface area contributed by atoms with Crippen molar-refractivity contribution in [3.63, 3.8) is 0 Å². The summed E-state index contributed by atoms with van der Waals surface area (Å²) in [6.45, 7) is 0.967. The highest BCUT2D eigenvalue weighted by atomic mass is 35.5. The van der Waals surface area contributed by atoms with Crippen LogP contribution in [0.2, 0.25) is 5.02 Å². The van der Waals surface area contributed by atoms with Gasteiger partial charge in [0.2, 0.25) is 5.91 Å². The zero-order chi connectivity index (χ0) is 18.9. The zero-order valence-corrected chi connectivity index (χ0v) is 15.5. The first kappa shape index (κ1) is 19.0. The van der Waals surface area contributed by atoms with Crippen LogP contribution in [0.4, 0.5) is 0 Å². The maximum absolute atomic E-state index is 12.1. The van der Waals surface area contributed by atoms with Crippen molar-refractivity contribution >= 4 is 17.5 Å². The fourth-order valence-electron chi connectivity index (χ4n) is 2.63. The van der Waals surface area contributed by atoms with Gasteiger partial charge in [0.25, 0.3) is 0 Å². The summed E-state index contributed by atoms with van der Waals surface area (Å²) in [5.41, 5.74) is 1.03. The van der Waals surface area contributed by atoms with Crippen molar-refractivity contribution in [2.24, 2.45) is 0 Å². The van der Waals surface area contributed by atoms with Gasteiger partial charge >= 0.3 is 0 Å². The van der Waals surface area contributed by atoms with Crippen LogP contribution in [0.5, 0.6) is 5.75 Å². The molecule has 0 saturated carbocycles. The van der Waals surface area contributed by atoms with Gasteiger partial charge in [-0.15, -0.1) is 0 Å². The molecule has 1 amide bonds. The molecule has 3 rings (SSSR count). The van der Waals surface area contributed by atoms with Gasteiger partial charge in [0.05, 0.1) is 25.4 Å². The summed E-state index contributed by atoms with van der Waals surface area (Å²) in [4.78, 5) is 12.1. The number of hydrogen-bond acceptors (Lipinski definition) is 4. The molecule has 1 atom stereocenters. The fraction of sp³-hybridized carbons (Fsp3) is 0.190. The lowest BCUT2D eigenvalue weighted by Crippen LogP contribution is -2.37. The Bertz CT molecular complexity index is 820. The molecular weight excluding hydrogens is 364 g/mol. The number of benzene rings is 2. The number of furan rings is 1. The molecule has 0 fully saturated rings. The van der Waals surface area contributed by atoms with Crippen LogP contribution in [0.1, 0.15) is 17.4 Å². The Labute approximate surface area is 163 Å². The number of amides is 1. The second-order valence-corrected chi connectivity index (χ2v) is 6.33. The van der Waals surface area contributed by atoms with E-state index in [0.717, 1.165) is 11.3 Å². The lowest BCUT2D eigenvalue weighted by molar-refractivity contribution is -0.120. The summed E-state index contributed by atoms with van der Waals surface area (Å²) in [5.74, 6) is 1.37. The Morgan fingerprint density at radius 1 is 1.04 bits per heavy atom.